The number of nitrogens with zero attached hydrogens (tertiary/aromatic N) is 2. The maximum Gasteiger partial charge on any atom is 0.238 e. The van der Waals surface area contributed by atoms with Crippen LogP contribution in [0.25, 0.3) is 10.9 Å². The first-order chi connectivity index (χ1) is 11.6. The Morgan fingerprint density at radius 3 is 2.88 bits per heavy atom. The molecule has 2 aromatic heterocycles. The summed E-state index contributed by atoms with van der Waals surface area (Å²) in [5, 5.41) is 0.999. The predicted octanol–water partition coefficient (Wildman–Crippen LogP) is 1.93. The lowest BCUT2D eigenvalue weighted by molar-refractivity contribution is -0.120. The van der Waals surface area contributed by atoms with Gasteiger partial charge in [-0.25, -0.2) is 5.84 Å². The van der Waals surface area contributed by atoms with Crippen molar-refractivity contribution in [2.45, 2.75) is 19.9 Å². The first kappa shape index (κ1) is 16.0. The minimum absolute atomic E-state index is 0.221. The molecule has 0 saturated carbocycles. The third-order valence-electron chi connectivity index (χ3n) is 4.22. The zero-order valence-electron chi connectivity index (χ0n) is 13.7. The normalized spacial score (nSPS) is 10.8. The summed E-state index contributed by atoms with van der Waals surface area (Å²) in [6.45, 7) is 2.70. The number of fused-ring (bicyclic) bond motifs is 1. The predicted molar refractivity (Wildman–Crippen MR) is 92.6 cm³/mol. The Kier molecular flexibility index (Phi) is 4.48. The molecule has 124 valence electrons. The Morgan fingerprint density at radius 2 is 2.21 bits per heavy atom. The van der Waals surface area contributed by atoms with Gasteiger partial charge in [0.15, 0.2) is 0 Å². The van der Waals surface area contributed by atoms with Gasteiger partial charge in [-0.15, -0.1) is 0 Å². The van der Waals surface area contributed by atoms with Crippen LogP contribution in [0.1, 0.15) is 16.8 Å². The van der Waals surface area contributed by atoms with Crippen LogP contribution in [0.3, 0.4) is 0 Å². The number of hydrazine groups is 1. The van der Waals surface area contributed by atoms with E-state index in [1.54, 1.807) is 13.3 Å². The number of hydrogen-bond donors (Lipinski definition) is 2. The Bertz CT molecular complexity index is 872. The summed E-state index contributed by atoms with van der Waals surface area (Å²) in [6, 6.07) is 9.85. The van der Waals surface area contributed by atoms with Gasteiger partial charge in [0, 0.05) is 35.5 Å². The third-order valence-corrected chi connectivity index (χ3v) is 4.22. The second-order valence-corrected chi connectivity index (χ2v) is 5.64. The van der Waals surface area contributed by atoms with Crippen LogP contribution in [0.4, 0.5) is 0 Å². The lowest BCUT2D eigenvalue weighted by Crippen LogP contribution is -2.31. The fraction of sp³-hybridized carbons (Fsp3) is 0.222. The smallest absolute Gasteiger partial charge is 0.238 e. The number of methoxy groups -OCH3 is 1. The number of carbonyl (C=O) groups is 1. The van der Waals surface area contributed by atoms with E-state index < -0.39 is 0 Å². The monoisotopic (exact) mass is 324 g/mol. The molecule has 0 aliphatic carbocycles. The summed E-state index contributed by atoms with van der Waals surface area (Å²) in [4.78, 5) is 16.0. The Balaban J connectivity index is 2.14. The van der Waals surface area contributed by atoms with E-state index in [2.05, 4.69) is 15.0 Å². The molecule has 2 heterocycles. The molecule has 0 fully saturated rings. The van der Waals surface area contributed by atoms with Gasteiger partial charge in [-0.2, -0.15) is 0 Å². The summed E-state index contributed by atoms with van der Waals surface area (Å²) < 4.78 is 7.52. The van der Waals surface area contributed by atoms with Crippen LogP contribution < -0.4 is 16.0 Å². The molecule has 6 nitrogen and oxygen atoms in total. The summed E-state index contributed by atoms with van der Waals surface area (Å²) >= 11 is 0. The molecule has 1 amide bonds. The van der Waals surface area contributed by atoms with Crippen molar-refractivity contribution in [3.05, 3.63) is 59.5 Å². The molecule has 3 rings (SSSR count). The fourth-order valence-electron chi connectivity index (χ4n) is 2.97. The molecule has 3 N–H and O–H groups in total. The van der Waals surface area contributed by atoms with E-state index >= 15 is 0 Å². The maximum absolute atomic E-state index is 11.8. The molecular formula is C18H20N4O2. The number of amides is 1. The van der Waals surface area contributed by atoms with Crippen molar-refractivity contribution in [1.29, 1.82) is 0 Å². The molecule has 0 unspecified atom stereocenters. The van der Waals surface area contributed by atoms with Crippen molar-refractivity contribution in [3.8, 4) is 5.75 Å². The average Bonchev–Trinajstić information content (AvgIpc) is 2.87. The molecule has 0 saturated heterocycles. The number of nitrogens with one attached hydrogen (secondary N) is 1. The van der Waals surface area contributed by atoms with Gasteiger partial charge in [0.2, 0.25) is 5.91 Å². The van der Waals surface area contributed by atoms with Crippen LogP contribution in [0, 0.1) is 6.92 Å². The Hall–Kier alpha value is -2.86. The van der Waals surface area contributed by atoms with Crippen LogP contribution in [0.15, 0.2) is 42.7 Å². The van der Waals surface area contributed by atoms with Gasteiger partial charge in [-0.1, -0.05) is 6.07 Å². The molecule has 0 spiro atoms. The number of nitrogens with two attached hydrogens (primary N) is 1. The van der Waals surface area contributed by atoms with E-state index in [0.29, 0.717) is 6.54 Å². The Morgan fingerprint density at radius 1 is 1.38 bits per heavy atom. The van der Waals surface area contributed by atoms with Crippen molar-refractivity contribution in [3.63, 3.8) is 0 Å². The second-order valence-electron chi connectivity index (χ2n) is 5.64. The van der Waals surface area contributed by atoms with Crippen LogP contribution in [-0.2, 0) is 17.8 Å². The van der Waals surface area contributed by atoms with Crippen molar-refractivity contribution in [1.82, 2.24) is 15.0 Å². The van der Waals surface area contributed by atoms with Crippen molar-refractivity contribution >= 4 is 16.8 Å². The molecule has 6 heteroatoms. The average molecular weight is 324 g/mol. The lowest BCUT2D eigenvalue weighted by Gasteiger charge is -2.09. The van der Waals surface area contributed by atoms with Gasteiger partial charge in [0.25, 0.3) is 0 Å². The van der Waals surface area contributed by atoms with Crippen molar-refractivity contribution < 1.29 is 9.53 Å². The zero-order valence-corrected chi connectivity index (χ0v) is 13.7. The number of aromatic nitrogens is 2. The number of ether oxygens (including phenoxy) is 1. The first-order valence-corrected chi connectivity index (χ1v) is 7.68. The highest BCUT2D eigenvalue weighted by Gasteiger charge is 2.17. The van der Waals surface area contributed by atoms with E-state index in [9.17, 15) is 4.79 Å². The highest BCUT2D eigenvalue weighted by atomic mass is 16.5. The zero-order chi connectivity index (χ0) is 17.1. The van der Waals surface area contributed by atoms with E-state index in [1.807, 2.05) is 43.5 Å². The quantitative estimate of drug-likeness (QED) is 0.427. The van der Waals surface area contributed by atoms with Crippen LogP contribution in [0.5, 0.6) is 5.75 Å². The molecule has 1 aromatic carbocycles. The van der Waals surface area contributed by atoms with E-state index in [-0.39, 0.29) is 12.3 Å². The highest BCUT2D eigenvalue weighted by Crippen LogP contribution is 2.30. The topological polar surface area (TPSA) is 82.2 Å². The largest absolute Gasteiger partial charge is 0.497 e. The van der Waals surface area contributed by atoms with Gasteiger partial charge >= 0.3 is 0 Å². The summed E-state index contributed by atoms with van der Waals surface area (Å²) in [5.74, 6) is 5.80. The van der Waals surface area contributed by atoms with E-state index in [4.69, 9.17) is 10.6 Å². The molecule has 0 bridgehead atoms. The summed E-state index contributed by atoms with van der Waals surface area (Å²) in [6.07, 6.45) is 3.83. The summed E-state index contributed by atoms with van der Waals surface area (Å²) in [5.41, 5.74) is 6.34. The number of hydrogen-bond acceptors (Lipinski definition) is 4. The summed E-state index contributed by atoms with van der Waals surface area (Å²) in [7, 11) is 1.63. The van der Waals surface area contributed by atoms with Gasteiger partial charge in [-0.3, -0.25) is 15.2 Å². The molecule has 24 heavy (non-hydrogen) atoms. The number of pyridine rings is 1. The molecule has 0 aliphatic heterocycles. The fourth-order valence-corrected chi connectivity index (χ4v) is 2.97. The number of benzene rings is 1. The minimum Gasteiger partial charge on any atom is -0.497 e. The third kappa shape index (κ3) is 2.96. The van der Waals surface area contributed by atoms with Crippen LogP contribution in [-0.4, -0.2) is 22.6 Å². The standard InChI is InChI=1S/C18H20N4O2/c1-12-15(9-18(23)21-19)16-8-14(24-2)5-6-17(16)22(12)11-13-4-3-7-20-10-13/h3-8,10H,9,11,19H2,1-2H3,(H,21,23). The Labute approximate surface area is 140 Å². The van der Waals surface area contributed by atoms with Crippen LogP contribution >= 0.6 is 0 Å². The molecule has 0 aliphatic rings. The van der Waals surface area contributed by atoms with E-state index in [1.165, 1.54) is 0 Å². The van der Waals surface area contributed by atoms with E-state index in [0.717, 1.165) is 33.5 Å². The van der Waals surface area contributed by atoms with Crippen LogP contribution in [0.2, 0.25) is 0 Å². The van der Waals surface area contributed by atoms with Crippen molar-refractivity contribution in [2.24, 2.45) is 5.84 Å². The SMILES string of the molecule is COc1ccc2c(c1)c(CC(=O)NN)c(C)n2Cc1cccnc1. The van der Waals surface area contributed by atoms with Gasteiger partial charge in [-0.05, 0) is 42.3 Å². The number of rotatable bonds is 5. The molecular weight excluding hydrogens is 304 g/mol. The van der Waals surface area contributed by atoms with Gasteiger partial charge in [0.05, 0.1) is 13.5 Å². The number of carbonyl (C=O) groups excluding carboxylic acids is 1. The maximum atomic E-state index is 11.8. The van der Waals surface area contributed by atoms with Gasteiger partial charge in [0.1, 0.15) is 5.75 Å². The highest BCUT2D eigenvalue weighted by molar-refractivity contribution is 5.91. The molecule has 0 atom stereocenters. The molecule has 0 radical (unpaired) electrons. The second kappa shape index (κ2) is 6.72. The first-order valence-electron chi connectivity index (χ1n) is 7.68. The molecule has 3 aromatic rings. The minimum atomic E-state index is -0.221. The lowest BCUT2D eigenvalue weighted by atomic mass is 10.1. The van der Waals surface area contributed by atoms with Crippen molar-refractivity contribution in [2.75, 3.05) is 7.11 Å². The van der Waals surface area contributed by atoms with Gasteiger partial charge < -0.3 is 9.30 Å².